The quantitative estimate of drug-likeness (QED) is 0.282. The zero-order chi connectivity index (χ0) is 27.1. The molecule has 38 heavy (non-hydrogen) atoms. The number of anilines is 3. The third kappa shape index (κ3) is 6.95. The van der Waals surface area contributed by atoms with E-state index in [0.717, 1.165) is 11.4 Å². The van der Waals surface area contributed by atoms with Gasteiger partial charge in [0.1, 0.15) is 23.9 Å². The minimum atomic E-state index is -0.420. The average Bonchev–Trinajstić information content (AvgIpc) is 3.31. The van der Waals surface area contributed by atoms with Crippen molar-refractivity contribution >= 4 is 29.1 Å². The molecular weight excluding hydrogens is 484 g/mol. The van der Waals surface area contributed by atoms with E-state index in [9.17, 15) is 9.59 Å². The summed E-state index contributed by atoms with van der Waals surface area (Å²) in [6.07, 6.45) is 3.30. The van der Waals surface area contributed by atoms with Crippen molar-refractivity contribution in [1.82, 2.24) is 14.8 Å². The van der Waals surface area contributed by atoms with Gasteiger partial charge < -0.3 is 20.1 Å². The van der Waals surface area contributed by atoms with Crippen LogP contribution < -0.4 is 20.7 Å². The van der Waals surface area contributed by atoms with E-state index in [4.69, 9.17) is 14.6 Å². The van der Waals surface area contributed by atoms with E-state index in [1.165, 1.54) is 7.11 Å². The van der Waals surface area contributed by atoms with E-state index in [2.05, 4.69) is 20.9 Å². The predicted octanol–water partition coefficient (Wildman–Crippen LogP) is 5.59. The molecule has 4 rings (SSSR count). The zero-order valence-electron chi connectivity index (χ0n) is 21.7. The molecule has 3 N–H and O–H groups in total. The topological polar surface area (TPSA) is 119 Å². The predicted molar refractivity (Wildman–Crippen MR) is 146 cm³/mol. The van der Waals surface area contributed by atoms with E-state index in [1.54, 1.807) is 59.5 Å². The van der Waals surface area contributed by atoms with Gasteiger partial charge in [0.15, 0.2) is 0 Å². The third-order valence-electron chi connectivity index (χ3n) is 5.37. The van der Waals surface area contributed by atoms with Gasteiger partial charge in [0.05, 0.1) is 17.6 Å². The molecule has 3 amide bonds. The van der Waals surface area contributed by atoms with Gasteiger partial charge in [-0.05, 0) is 60.7 Å². The fourth-order valence-electron chi connectivity index (χ4n) is 3.48. The number of carbonyl (C=O) groups excluding carboxylic acids is 2. The summed E-state index contributed by atoms with van der Waals surface area (Å²) >= 11 is 0. The smallest absolute Gasteiger partial charge is 0.324 e. The van der Waals surface area contributed by atoms with Gasteiger partial charge in [-0.3, -0.25) is 15.1 Å². The molecule has 2 heterocycles. The molecule has 0 aliphatic heterocycles. The van der Waals surface area contributed by atoms with Crippen LogP contribution in [0.5, 0.6) is 11.5 Å². The van der Waals surface area contributed by atoms with Crippen LogP contribution in [0.4, 0.5) is 22.0 Å². The Labute approximate surface area is 221 Å². The summed E-state index contributed by atoms with van der Waals surface area (Å²) in [5.41, 5.74) is 2.51. The highest BCUT2D eigenvalue weighted by Crippen LogP contribution is 2.27. The van der Waals surface area contributed by atoms with Crippen LogP contribution in [0.15, 0.2) is 79.1 Å². The molecule has 2 aromatic carbocycles. The summed E-state index contributed by atoms with van der Waals surface area (Å²) in [5.74, 6) is 1.50. The van der Waals surface area contributed by atoms with Gasteiger partial charge >= 0.3 is 6.03 Å². The van der Waals surface area contributed by atoms with Crippen LogP contribution in [0.2, 0.25) is 0 Å². The Balaban J connectivity index is 1.47. The van der Waals surface area contributed by atoms with Crippen molar-refractivity contribution in [2.24, 2.45) is 0 Å². The number of pyridine rings is 1. The number of urea groups is 1. The van der Waals surface area contributed by atoms with Crippen molar-refractivity contribution in [3.8, 4) is 17.2 Å². The molecule has 10 heteroatoms. The molecule has 0 radical (unpaired) electrons. The molecule has 0 fully saturated rings. The largest absolute Gasteiger partial charge is 0.456 e. The van der Waals surface area contributed by atoms with Crippen LogP contribution in [-0.4, -0.2) is 40.4 Å². The Morgan fingerprint density at radius 2 is 1.58 bits per heavy atom. The maximum absolute atomic E-state index is 12.9. The number of rotatable bonds is 8. The van der Waals surface area contributed by atoms with Crippen LogP contribution in [0, 0.1) is 0 Å². The van der Waals surface area contributed by atoms with Gasteiger partial charge in [0.2, 0.25) is 5.91 Å². The molecular formula is C28H30N6O4. The number of aromatic nitrogens is 3. The second-order valence-corrected chi connectivity index (χ2v) is 9.50. The fourth-order valence-corrected chi connectivity index (χ4v) is 3.48. The molecule has 0 aliphatic rings. The van der Waals surface area contributed by atoms with E-state index in [1.807, 2.05) is 45.0 Å². The summed E-state index contributed by atoms with van der Waals surface area (Å²) in [4.78, 5) is 28.7. The number of amides is 3. The number of hydrogen-bond donors (Lipinski definition) is 3. The van der Waals surface area contributed by atoms with Crippen LogP contribution in [0.3, 0.4) is 0 Å². The van der Waals surface area contributed by atoms with Crippen LogP contribution in [0.1, 0.15) is 26.5 Å². The third-order valence-corrected chi connectivity index (χ3v) is 5.37. The van der Waals surface area contributed by atoms with Crippen molar-refractivity contribution in [2.75, 3.05) is 29.7 Å². The minimum absolute atomic E-state index is 0.0285. The Hall–Kier alpha value is -4.70. The van der Waals surface area contributed by atoms with E-state index < -0.39 is 6.03 Å². The Kier molecular flexibility index (Phi) is 8.03. The van der Waals surface area contributed by atoms with Crippen molar-refractivity contribution in [1.29, 1.82) is 0 Å². The van der Waals surface area contributed by atoms with Gasteiger partial charge in [-0.25, -0.2) is 9.48 Å². The second kappa shape index (κ2) is 11.6. The molecule has 196 valence electrons. The summed E-state index contributed by atoms with van der Waals surface area (Å²) < 4.78 is 12.2. The Morgan fingerprint density at radius 3 is 2.21 bits per heavy atom. The number of carbonyl (C=O) groups is 2. The van der Waals surface area contributed by atoms with E-state index in [0.29, 0.717) is 28.7 Å². The summed E-state index contributed by atoms with van der Waals surface area (Å²) in [7, 11) is 1.46. The van der Waals surface area contributed by atoms with Gasteiger partial charge in [-0.2, -0.15) is 5.10 Å². The highest BCUT2D eigenvalue weighted by molar-refractivity contribution is 5.99. The molecule has 0 unspecified atom stereocenters. The summed E-state index contributed by atoms with van der Waals surface area (Å²) in [5, 5.41) is 13.2. The molecule has 2 aromatic heterocycles. The van der Waals surface area contributed by atoms with Crippen molar-refractivity contribution in [2.45, 2.75) is 26.2 Å². The molecule has 4 aromatic rings. The standard InChI is InChI=1S/C28H30N6O4/c1-28(2,3)24-16-25(34(33-24)21-11-7-19(8-12-21)30-26(35)18-37-4)32-27(36)31-20-9-13-22(14-10-20)38-23-6-5-15-29-17-23/h5-17H,18H2,1-4H3,(H,30,35)(H2,31,32,36). The second-order valence-electron chi connectivity index (χ2n) is 9.50. The first-order chi connectivity index (χ1) is 18.2. The lowest BCUT2D eigenvalue weighted by atomic mass is 9.92. The summed E-state index contributed by atoms with van der Waals surface area (Å²) in [6, 6.07) is 19.2. The first-order valence-corrected chi connectivity index (χ1v) is 12.0. The van der Waals surface area contributed by atoms with E-state index >= 15 is 0 Å². The molecule has 0 spiro atoms. The van der Waals surface area contributed by atoms with Crippen molar-refractivity contribution < 1.29 is 19.1 Å². The lowest BCUT2D eigenvalue weighted by Gasteiger charge is -2.14. The van der Waals surface area contributed by atoms with Crippen LogP contribution in [-0.2, 0) is 14.9 Å². The maximum Gasteiger partial charge on any atom is 0.324 e. The monoisotopic (exact) mass is 514 g/mol. The van der Waals surface area contributed by atoms with Gasteiger partial charge in [-0.15, -0.1) is 0 Å². The van der Waals surface area contributed by atoms with Crippen molar-refractivity contribution in [3.05, 3.63) is 84.8 Å². The van der Waals surface area contributed by atoms with Crippen LogP contribution in [0.25, 0.3) is 5.69 Å². The molecule has 0 saturated heterocycles. The normalized spacial score (nSPS) is 11.1. The number of nitrogens with one attached hydrogen (secondary N) is 3. The molecule has 10 nitrogen and oxygen atoms in total. The van der Waals surface area contributed by atoms with Gasteiger partial charge in [0.25, 0.3) is 0 Å². The molecule has 0 bridgehead atoms. The number of nitrogens with zero attached hydrogens (tertiary/aromatic N) is 3. The molecule has 0 saturated carbocycles. The Bertz CT molecular complexity index is 1380. The number of benzene rings is 2. The lowest BCUT2D eigenvalue weighted by molar-refractivity contribution is -0.119. The van der Waals surface area contributed by atoms with E-state index in [-0.39, 0.29) is 17.9 Å². The number of hydrogen-bond acceptors (Lipinski definition) is 6. The molecule has 0 aliphatic carbocycles. The molecule has 0 atom stereocenters. The zero-order valence-corrected chi connectivity index (χ0v) is 21.7. The maximum atomic E-state index is 12.9. The first-order valence-electron chi connectivity index (χ1n) is 12.0. The fraction of sp³-hybridized carbons (Fsp3) is 0.214. The Morgan fingerprint density at radius 1 is 0.895 bits per heavy atom. The lowest BCUT2D eigenvalue weighted by Crippen LogP contribution is -2.21. The first kappa shape index (κ1) is 26.4. The number of ether oxygens (including phenoxy) is 2. The SMILES string of the molecule is COCC(=O)Nc1ccc(-n2nc(C(C)(C)C)cc2NC(=O)Nc2ccc(Oc3cccnc3)cc2)cc1. The van der Waals surface area contributed by atoms with Crippen LogP contribution >= 0.6 is 0 Å². The van der Waals surface area contributed by atoms with Gasteiger partial charge in [-0.1, -0.05) is 20.8 Å². The highest BCUT2D eigenvalue weighted by atomic mass is 16.5. The van der Waals surface area contributed by atoms with Crippen molar-refractivity contribution in [3.63, 3.8) is 0 Å². The highest BCUT2D eigenvalue weighted by Gasteiger charge is 2.21. The minimum Gasteiger partial charge on any atom is -0.456 e. The average molecular weight is 515 g/mol. The summed E-state index contributed by atoms with van der Waals surface area (Å²) in [6.45, 7) is 6.12. The number of methoxy groups -OCH3 is 1. The van der Waals surface area contributed by atoms with Gasteiger partial charge in [0, 0.05) is 36.2 Å².